The quantitative estimate of drug-likeness (QED) is 0.541. The SMILES string of the molecule is CC1CCc2cc([N+](=O)[O-])cc(Br)c2N1C(=O)OC(C)(C)C. The second-order valence-corrected chi connectivity index (χ2v) is 7.28. The lowest BCUT2D eigenvalue weighted by molar-refractivity contribution is -0.385. The lowest BCUT2D eigenvalue weighted by Gasteiger charge is -2.36. The molecule has 2 rings (SSSR count). The van der Waals surface area contributed by atoms with E-state index in [-0.39, 0.29) is 11.7 Å². The summed E-state index contributed by atoms with van der Waals surface area (Å²) in [6, 6.07) is 2.93. The molecule has 0 spiro atoms. The van der Waals surface area contributed by atoms with Crippen molar-refractivity contribution in [2.24, 2.45) is 0 Å². The molecule has 1 heterocycles. The van der Waals surface area contributed by atoms with Gasteiger partial charge >= 0.3 is 6.09 Å². The number of halogens is 1. The molecule has 0 bridgehead atoms. The minimum Gasteiger partial charge on any atom is -0.443 e. The summed E-state index contributed by atoms with van der Waals surface area (Å²) >= 11 is 3.36. The Bertz CT molecular complexity index is 625. The summed E-state index contributed by atoms with van der Waals surface area (Å²) in [5.41, 5.74) is 0.870. The fourth-order valence-corrected chi connectivity index (χ4v) is 3.18. The molecule has 120 valence electrons. The van der Waals surface area contributed by atoms with Crippen molar-refractivity contribution in [3.8, 4) is 0 Å². The van der Waals surface area contributed by atoms with Crippen molar-refractivity contribution in [3.05, 3.63) is 32.3 Å². The van der Waals surface area contributed by atoms with Gasteiger partial charge in [0.2, 0.25) is 0 Å². The van der Waals surface area contributed by atoms with Gasteiger partial charge in [0, 0.05) is 22.6 Å². The number of nitro benzene ring substituents is 1. The van der Waals surface area contributed by atoms with Crippen molar-refractivity contribution >= 4 is 33.4 Å². The van der Waals surface area contributed by atoms with Crippen LogP contribution in [0.5, 0.6) is 0 Å². The summed E-state index contributed by atoms with van der Waals surface area (Å²) in [5.74, 6) is 0. The first kappa shape index (κ1) is 16.7. The number of hydrogen-bond donors (Lipinski definition) is 0. The van der Waals surface area contributed by atoms with Crippen LogP contribution in [0.2, 0.25) is 0 Å². The highest BCUT2D eigenvalue weighted by Gasteiger charge is 2.34. The van der Waals surface area contributed by atoms with E-state index in [1.165, 1.54) is 12.1 Å². The molecule has 1 aliphatic rings. The van der Waals surface area contributed by atoms with Crippen molar-refractivity contribution < 1.29 is 14.5 Å². The van der Waals surface area contributed by atoms with Crippen LogP contribution in [0, 0.1) is 10.1 Å². The Morgan fingerprint density at radius 3 is 2.64 bits per heavy atom. The van der Waals surface area contributed by atoms with E-state index in [4.69, 9.17) is 4.74 Å². The maximum atomic E-state index is 12.5. The molecule has 0 fully saturated rings. The van der Waals surface area contributed by atoms with Gasteiger partial charge < -0.3 is 4.74 Å². The van der Waals surface area contributed by atoms with Crippen LogP contribution in [0.15, 0.2) is 16.6 Å². The highest BCUT2D eigenvalue weighted by atomic mass is 79.9. The number of rotatable bonds is 1. The first-order valence-corrected chi connectivity index (χ1v) is 7.88. The molecule has 0 saturated heterocycles. The van der Waals surface area contributed by atoms with E-state index in [0.29, 0.717) is 16.6 Å². The largest absolute Gasteiger partial charge is 0.443 e. The summed E-state index contributed by atoms with van der Waals surface area (Å²) in [5, 5.41) is 11.0. The van der Waals surface area contributed by atoms with E-state index in [0.717, 1.165) is 12.0 Å². The minimum atomic E-state index is -0.596. The number of nitrogens with zero attached hydrogens (tertiary/aromatic N) is 2. The number of nitro groups is 1. The molecular formula is C15H19BrN2O4. The Morgan fingerprint density at radius 2 is 2.09 bits per heavy atom. The molecule has 1 aromatic rings. The summed E-state index contributed by atoms with van der Waals surface area (Å²) < 4.78 is 6.01. The molecule has 0 aromatic heterocycles. The minimum absolute atomic E-state index is 0.0179. The van der Waals surface area contributed by atoms with E-state index in [2.05, 4.69) is 15.9 Å². The number of carbonyl (C=O) groups is 1. The van der Waals surface area contributed by atoms with Gasteiger partial charge in [-0.3, -0.25) is 15.0 Å². The zero-order chi connectivity index (χ0) is 16.7. The fraction of sp³-hybridized carbons (Fsp3) is 0.533. The van der Waals surface area contributed by atoms with Gasteiger partial charge in [-0.1, -0.05) is 0 Å². The molecule has 1 amide bonds. The highest BCUT2D eigenvalue weighted by molar-refractivity contribution is 9.10. The summed E-state index contributed by atoms with van der Waals surface area (Å²) in [7, 11) is 0. The molecule has 0 radical (unpaired) electrons. The first-order chi connectivity index (χ1) is 10.1. The number of amides is 1. The van der Waals surface area contributed by atoms with Gasteiger partial charge in [0.25, 0.3) is 5.69 Å². The van der Waals surface area contributed by atoms with Crippen LogP contribution in [-0.4, -0.2) is 22.7 Å². The zero-order valence-corrected chi connectivity index (χ0v) is 14.6. The maximum Gasteiger partial charge on any atom is 0.415 e. The number of ether oxygens (including phenoxy) is 1. The van der Waals surface area contributed by atoms with Crippen LogP contribution in [0.1, 0.15) is 39.7 Å². The third kappa shape index (κ3) is 3.40. The normalized spacial score (nSPS) is 17.9. The molecule has 0 N–H and O–H groups in total. The summed E-state index contributed by atoms with van der Waals surface area (Å²) in [6.07, 6.45) is 0.992. The van der Waals surface area contributed by atoms with Gasteiger partial charge in [0.05, 0.1) is 10.6 Å². The Hall–Kier alpha value is -1.63. The van der Waals surface area contributed by atoms with Crippen molar-refractivity contribution in [3.63, 3.8) is 0 Å². The van der Waals surface area contributed by atoms with E-state index in [9.17, 15) is 14.9 Å². The van der Waals surface area contributed by atoms with Crippen LogP contribution in [0.3, 0.4) is 0 Å². The number of non-ortho nitro benzene ring substituents is 1. The number of anilines is 1. The predicted octanol–water partition coefficient (Wildman–Crippen LogP) is 4.43. The molecule has 1 aliphatic heterocycles. The second kappa shape index (κ2) is 5.87. The zero-order valence-electron chi connectivity index (χ0n) is 13.1. The van der Waals surface area contributed by atoms with E-state index < -0.39 is 16.6 Å². The molecule has 1 atom stereocenters. The Labute approximate surface area is 137 Å². The molecular weight excluding hydrogens is 352 g/mol. The van der Waals surface area contributed by atoms with Gasteiger partial charge in [-0.2, -0.15) is 0 Å². The molecule has 0 saturated carbocycles. The van der Waals surface area contributed by atoms with Gasteiger partial charge in [0.1, 0.15) is 5.60 Å². The highest BCUT2D eigenvalue weighted by Crippen LogP contribution is 2.40. The van der Waals surface area contributed by atoms with Crippen LogP contribution >= 0.6 is 15.9 Å². The third-order valence-electron chi connectivity index (χ3n) is 3.44. The van der Waals surface area contributed by atoms with Crippen molar-refractivity contribution in [1.82, 2.24) is 0 Å². The monoisotopic (exact) mass is 370 g/mol. The van der Waals surface area contributed by atoms with Crippen molar-refractivity contribution in [1.29, 1.82) is 0 Å². The van der Waals surface area contributed by atoms with Gasteiger partial charge in [-0.05, 0) is 62.0 Å². The maximum absolute atomic E-state index is 12.5. The standard InChI is InChI=1S/C15H19BrN2O4/c1-9-5-6-10-7-11(18(20)21)8-12(16)13(10)17(9)14(19)22-15(2,3)4/h7-9H,5-6H2,1-4H3. The van der Waals surface area contributed by atoms with E-state index in [1.54, 1.807) is 4.90 Å². The number of benzene rings is 1. The van der Waals surface area contributed by atoms with Gasteiger partial charge in [0.15, 0.2) is 0 Å². The Kier molecular flexibility index (Phi) is 4.47. The number of fused-ring (bicyclic) bond motifs is 1. The fourth-order valence-electron chi connectivity index (χ4n) is 2.50. The van der Waals surface area contributed by atoms with Crippen molar-refractivity contribution in [2.75, 3.05) is 4.90 Å². The Balaban J connectivity index is 2.47. The van der Waals surface area contributed by atoms with Gasteiger partial charge in [-0.15, -0.1) is 0 Å². The molecule has 22 heavy (non-hydrogen) atoms. The summed E-state index contributed by atoms with van der Waals surface area (Å²) in [6.45, 7) is 7.38. The first-order valence-electron chi connectivity index (χ1n) is 7.09. The average Bonchev–Trinajstić information content (AvgIpc) is 2.36. The predicted molar refractivity (Wildman–Crippen MR) is 87.3 cm³/mol. The van der Waals surface area contributed by atoms with Crippen molar-refractivity contribution in [2.45, 2.75) is 52.2 Å². The number of carbonyl (C=O) groups excluding carboxylic acids is 1. The third-order valence-corrected chi connectivity index (χ3v) is 4.05. The second-order valence-electron chi connectivity index (χ2n) is 6.43. The van der Waals surface area contributed by atoms with Gasteiger partial charge in [-0.25, -0.2) is 4.79 Å². The number of aryl methyl sites for hydroxylation is 1. The molecule has 1 aromatic carbocycles. The van der Waals surface area contributed by atoms with Crippen LogP contribution in [0.25, 0.3) is 0 Å². The smallest absolute Gasteiger partial charge is 0.415 e. The molecule has 6 nitrogen and oxygen atoms in total. The lowest BCUT2D eigenvalue weighted by Crippen LogP contribution is -2.45. The lowest BCUT2D eigenvalue weighted by atomic mass is 9.96. The van der Waals surface area contributed by atoms with E-state index in [1.807, 2.05) is 27.7 Å². The van der Waals surface area contributed by atoms with Crippen LogP contribution in [0.4, 0.5) is 16.2 Å². The van der Waals surface area contributed by atoms with Crippen LogP contribution < -0.4 is 4.90 Å². The summed E-state index contributed by atoms with van der Waals surface area (Å²) in [4.78, 5) is 24.6. The Morgan fingerprint density at radius 1 is 1.45 bits per heavy atom. The van der Waals surface area contributed by atoms with E-state index >= 15 is 0 Å². The molecule has 1 unspecified atom stereocenters. The molecule has 0 aliphatic carbocycles. The topological polar surface area (TPSA) is 72.7 Å². The average molecular weight is 371 g/mol. The number of hydrogen-bond acceptors (Lipinski definition) is 4. The molecule has 7 heteroatoms. The van der Waals surface area contributed by atoms with Crippen LogP contribution in [-0.2, 0) is 11.2 Å².